The zero-order valence-corrected chi connectivity index (χ0v) is 10.3. The van der Waals surface area contributed by atoms with Crippen LogP contribution >= 0.6 is 0 Å². The van der Waals surface area contributed by atoms with Gasteiger partial charge in [-0.2, -0.15) is 0 Å². The summed E-state index contributed by atoms with van der Waals surface area (Å²) < 4.78 is 0. The first-order valence-electron chi connectivity index (χ1n) is 6.71. The van der Waals surface area contributed by atoms with Crippen molar-refractivity contribution in [2.75, 3.05) is 19.6 Å². The standard InChI is InChI=1S/C13H26N2/c1-3-15-11(2)6-9-14-10-13(7-8-13)12-4-5-12/h11-12,14-15H,3-10H2,1-2H3. The molecule has 2 N–H and O–H groups in total. The molecule has 2 aliphatic rings. The maximum atomic E-state index is 3.66. The quantitative estimate of drug-likeness (QED) is 0.600. The fraction of sp³-hybridized carbons (Fsp3) is 1.00. The average molecular weight is 210 g/mol. The summed E-state index contributed by atoms with van der Waals surface area (Å²) >= 11 is 0. The van der Waals surface area contributed by atoms with Gasteiger partial charge in [-0.25, -0.2) is 0 Å². The highest BCUT2D eigenvalue weighted by molar-refractivity contribution is 5.04. The second-order valence-electron chi connectivity index (χ2n) is 5.56. The number of nitrogens with one attached hydrogen (secondary N) is 2. The number of rotatable bonds is 8. The van der Waals surface area contributed by atoms with E-state index in [1.54, 1.807) is 0 Å². The molecule has 88 valence electrons. The molecule has 0 saturated heterocycles. The van der Waals surface area contributed by atoms with Crippen molar-refractivity contribution in [3.05, 3.63) is 0 Å². The maximum Gasteiger partial charge on any atom is 0.00506 e. The second kappa shape index (κ2) is 4.84. The summed E-state index contributed by atoms with van der Waals surface area (Å²) in [5.41, 5.74) is 0.765. The van der Waals surface area contributed by atoms with Crippen LogP contribution in [0, 0.1) is 11.3 Å². The van der Waals surface area contributed by atoms with Gasteiger partial charge in [-0.1, -0.05) is 6.92 Å². The molecule has 0 aromatic rings. The molecular weight excluding hydrogens is 184 g/mol. The van der Waals surface area contributed by atoms with E-state index in [2.05, 4.69) is 24.5 Å². The molecule has 0 radical (unpaired) electrons. The summed E-state index contributed by atoms with van der Waals surface area (Å²) in [4.78, 5) is 0. The molecule has 1 atom stereocenters. The highest BCUT2D eigenvalue weighted by Gasteiger charge is 2.52. The van der Waals surface area contributed by atoms with Crippen LogP contribution in [0.3, 0.4) is 0 Å². The van der Waals surface area contributed by atoms with Crippen LogP contribution in [0.2, 0.25) is 0 Å². The van der Waals surface area contributed by atoms with Crippen LogP contribution in [-0.2, 0) is 0 Å². The Kier molecular flexibility index (Phi) is 3.68. The van der Waals surface area contributed by atoms with Crippen molar-refractivity contribution in [2.45, 2.75) is 52.0 Å². The lowest BCUT2D eigenvalue weighted by molar-refractivity contribution is 0.393. The third kappa shape index (κ3) is 3.18. The smallest absolute Gasteiger partial charge is 0.00506 e. The van der Waals surface area contributed by atoms with Crippen LogP contribution in [-0.4, -0.2) is 25.7 Å². The van der Waals surface area contributed by atoms with Gasteiger partial charge in [0.25, 0.3) is 0 Å². The zero-order chi connectivity index (χ0) is 10.7. The third-order valence-corrected chi connectivity index (χ3v) is 4.12. The summed E-state index contributed by atoms with van der Waals surface area (Å²) in [7, 11) is 0. The number of hydrogen-bond donors (Lipinski definition) is 2. The minimum Gasteiger partial charge on any atom is -0.316 e. The van der Waals surface area contributed by atoms with Crippen molar-refractivity contribution in [3.8, 4) is 0 Å². The Bertz CT molecular complexity index is 195. The monoisotopic (exact) mass is 210 g/mol. The van der Waals surface area contributed by atoms with E-state index in [1.807, 2.05) is 0 Å². The van der Waals surface area contributed by atoms with Crippen molar-refractivity contribution in [3.63, 3.8) is 0 Å². The van der Waals surface area contributed by atoms with Gasteiger partial charge in [0.15, 0.2) is 0 Å². The van der Waals surface area contributed by atoms with Crippen LogP contribution < -0.4 is 10.6 Å². The Morgan fingerprint density at radius 1 is 1.33 bits per heavy atom. The van der Waals surface area contributed by atoms with Crippen molar-refractivity contribution < 1.29 is 0 Å². The van der Waals surface area contributed by atoms with E-state index in [0.717, 1.165) is 17.9 Å². The molecular formula is C13H26N2. The molecule has 15 heavy (non-hydrogen) atoms. The molecule has 2 heteroatoms. The minimum absolute atomic E-state index is 0.665. The lowest BCUT2D eigenvalue weighted by Crippen LogP contribution is -2.32. The van der Waals surface area contributed by atoms with Crippen LogP contribution in [0.1, 0.15) is 46.0 Å². The van der Waals surface area contributed by atoms with E-state index in [0.29, 0.717) is 6.04 Å². The summed E-state index contributed by atoms with van der Waals surface area (Å²) in [5, 5.41) is 7.11. The average Bonchev–Trinajstić information content (AvgIpc) is 3.02. The second-order valence-corrected chi connectivity index (χ2v) is 5.56. The first-order valence-corrected chi connectivity index (χ1v) is 6.71. The first kappa shape index (κ1) is 11.4. The van der Waals surface area contributed by atoms with Gasteiger partial charge >= 0.3 is 0 Å². The molecule has 2 rings (SSSR count). The minimum atomic E-state index is 0.665. The molecule has 0 spiro atoms. The van der Waals surface area contributed by atoms with E-state index < -0.39 is 0 Å². The van der Waals surface area contributed by atoms with Crippen molar-refractivity contribution in [1.82, 2.24) is 10.6 Å². The van der Waals surface area contributed by atoms with Gasteiger partial charge in [0.2, 0.25) is 0 Å². The molecule has 0 aromatic carbocycles. The van der Waals surface area contributed by atoms with E-state index in [4.69, 9.17) is 0 Å². The summed E-state index contributed by atoms with van der Waals surface area (Å²) in [5.74, 6) is 1.09. The normalized spacial score (nSPS) is 25.2. The SMILES string of the molecule is CCNC(C)CCNCC1(C2CC2)CC1. The Hall–Kier alpha value is -0.0800. The predicted molar refractivity (Wildman–Crippen MR) is 65.0 cm³/mol. The highest BCUT2D eigenvalue weighted by Crippen LogP contribution is 2.60. The van der Waals surface area contributed by atoms with Gasteiger partial charge in [0, 0.05) is 12.6 Å². The molecule has 2 aliphatic carbocycles. The summed E-state index contributed by atoms with van der Waals surface area (Å²) in [6.07, 6.45) is 7.26. The third-order valence-electron chi connectivity index (χ3n) is 4.12. The molecule has 0 amide bonds. The first-order chi connectivity index (χ1) is 7.27. The Morgan fingerprint density at radius 2 is 2.07 bits per heavy atom. The van der Waals surface area contributed by atoms with Crippen LogP contribution in [0.4, 0.5) is 0 Å². The summed E-state index contributed by atoms with van der Waals surface area (Å²) in [6, 6.07) is 0.665. The number of hydrogen-bond acceptors (Lipinski definition) is 2. The Morgan fingerprint density at radius 3 is 2.60 bits per heavy atom. The predicted octanol–water partition coefficient (Wildman–Crippen LogP) is 2.15. The molecule has 2 saturated carbocycles. The molecule has 2 nitrogen and oxygen atoms in total. The van der Waals surface area contributed by atoms with Gasteiger partial charge in [-0.15, -0.1) is 0 Å². The molecule has 0 heterocycles. The van der Waals surface area contributed by atoms with Gasteiger partial charge in [0.05, 0.1) is 0 Å². The lowest BCUT2D eigenvalue weighted by Gasteiger charge is -2.17. The zero-order valence-electron chi connectivity index (χ0n) is 10.3. The van der Waals surface area contributed by atoms with Gasteiger partial charge < -0.3 is 10.6 Å². The van der Waals surface area contributed by atoms with Crippen molar-refractivity contribution in [1.29, 1.82) is 0 Å². The van der Waals surface area contributed by atoms with E-state index in [-0.39, 0.29) is 0 Å². The molecule has 0 bridgehead atoms. The van der Waals surface area contributed by atoms with E-state index in [1.165, 1.54) is 45.2 Å². The molecule has 1 unspecified atom stereocenters. The topological polar surface area (TPSA) is 24.1 Å². The van der Waals surface area contributed by atoms with Gasteiger partial charge in [0.1, 0.15) is 0 Å². The van der Waals surface area contributed by atoms with E-state index in [9.17, 15) is 0 Å². The van der Waals surface area contributed by atoms with Crippen LogP contribution in [0.15, 0.2) is 0 Å². The lowest BCUT2D eigenvalue weighted by atomic mass is 10.0. The largest absolute Gasteiger partial charge is 0.316 e. The molecule has 0 aromatic heterocycles. The van der Waals surface area contributed by atoms with Gasteiger partial charge in [-0.3, -0.25) is 0 Å². The Labute approximate surface area is 94.2 Å². The van der Waals surface area contributed by atoms with Crippen LogP contribution in [0.5, 0.6) is 0 Å². The molecule has 2 fully saturated rings. The van der Waals surface area contributed by atoms with Crippen molar-refractivity contribution in [2.24, 2.45) is 11.3 Å². The summed E-state index contributed by atoms with van der Waals surface area (Å²) in [6.45, 7) is 8.02. The van der Waals surface area contributed by atoms with Gasteiger partial charge in [-0.05, 0) is 63.5 Å². The van der Waals surface area contributed by atoms with Crippen molar-refractivity contribution >= 4 is 0 Å². The Balaban J connectivity index is 1.51. The van der Waals surface area contributed by atoms with E-state index >= 15 is 0 Å². The highest BCUT2D eigenvalue weighted by atomic mass is 14.9. The fourth-order valence-corrected chi connectivity index (χ4v) is 2.69. The maximum absolute atomic E-state index is 3.66. The van der Waals surface area contributed by atoms with Crippen LogP contribution in [0.25, 0.3) is 0 Å². The fourth-order valence-electron chi connectivity index (χ4n) is 2.69. The molecule has 0 aliphatic heterocycles.